The zero-order valence-corrected chi connectivity index (χ0v) is 15.2. The van der Waals surface area contributed by atoms with Crippen LogP contribution < -0.4 is 10.6 Å². The minimum absolute atomic E-state index is 0.151. The molecular weight excluding hydrogens is 290 g/mol. The van der Waals surface area contributed by atoms with Crippen LogP contribution in [0, 0.1) is 5.92 Å². The summed E-state index contributed by atoms with van der Waals surface area (Å²) in [5, 5.41) is 7.16. The van der Waals surface area contributed by atoms with E-state index in [-0.39, 0.29) is 6.09 Å². The first-order valence-electron chi connectivity index (χ1n) is 9.36. The van der Waals surface area contributed by atoms with Gasteiger partial charge in [0, 0.05) is 25.7 Å². The fourth-order valence-corrected chi connectivity index (χ4v) is 3.47. The van der Waals surface area contributed by atoms with Crippen LogP contribution in [0.1, 0.15) is 59.3 Å². The van der Waals surface area contributed by atoms with Crippen molar-refractivity contribution in [1.29, 1.82) is 0 Å². The largest absolute Gasteiger partial charge is 0.444 e. The number of piperidine rings is 2. The minimum atomic E-state index is -0.404. The van der Waals surface area contributed by atoms with Crippen LogP contribution in [0.2, 0.25) is 0 Å². The van der Waals surface area contributed by atoms with Gasteiger partial charge < -0.3 is 20.3 Å². The lowest BCUT2D eigenvalue weighted by molar-refractivity contribution is 0.0162. The highest BCUT2D eigenvalue weighted by Crippen LogP contribution is 2.21. The van der Waals surface area contributed by atoms with Crippen LogP contribution in [0.15, 0.2) is 0 Å². The van der Waals surface area contributed by atoms with Gasteiger partial charge in [0.05, 0.1) is 0 Å². The maximum Gasteiger partial charge on any atom is 0.410 e. The molecule has 0 aliphatic carbocycles. The van der Waals surface area contributed by atoms with E-state index in [1.807, 2.05) is 25.7 Å². The standard InChI is InChI=1S/C18H35N3O2/c1-18(2,3)23-17(22)21-12-6-7-15(14-21)9-11-19-13-16-8-4-5-10-20-16/h15-16,19-20H,4-14H2,1-3H3. The lowest BCUT2D eigenvalue weighted by Crippen LogP contribution is -2.44. The number of amides is 1. The number of carbonyl (C=O) groups excluding carboxylic acids is 1. The molecule has 2 aliphatic rings. The zero-order chi connectivity index (χ0) is 16.7. The lowest BCUT2D eigenvalue weighted by Gasteiger charge is -2.34. The summed E-state index contributed by atoms with van der Waals surface area (Å²) < 4.78 is 5.49. The van der Waals surface area contributed by atoms with E-state index < -0.39 is 5.60 Å². The van der Waals surface area contributed by atoms with Crippen molar-refractivity contribution < 1.29 is 9.53 Å². The van der Waals surface area contributed by atoms with Gasteiger partial charge in [-0.3, -0.25) is 0 Å². The van der Waals surface area contributed by atoms with Crippen molar-refractivity contribution in [2.24, 2.45) is 5.92 Å². The van der Waals surface area contributed by atoms with E-state index >= 15 is 0 Å². The summed E-state index contributed by atoms with van der Waals surface area (Å²) in [5.41, 5.74) is -0.404. The Bertz CT molecular complexity index is 362. The third kappa shape index (κ3) is 7.08. The highest BCUT2D eigenvalue weighted by atomic mass is 16.6. The Morgan fingerprint density at radius 3 is 2.78 bits per heavy atom. The van der Waals surface area contributed by atoms with Gasteiger partial charge in [-0.1, -0.05) is 6.42 Å². The van der Waals surface area contributed by atoms with Crippen molar-refractivity contribution in [3.63, 3.8) is 0 Å². The molecule has 134 valence electrons. The second-order valence-corrected chi connectivity index (χ2v) is 8.07. The molecule has 0 aromatic carbocycles. The second-order valence-electron chi connectivity index (χ2n) is 8.07. The Morgan fingerprint density at radius 2 is 2.09 bits per heavy atom. The normalized spacial score (nSPS) is 26.1. The fourth-order valence-electron chi connectivity index (χ4n) is 3.47. The van der Waals surface area contributed by atoms with Gasteiger partial charge in [-0.2, -0.15) is 0 Å². The number of rotatable bonds is 5. The predicted octanol–water partition coefficient (Wildman–Crippen LogP) is 2.76. The molecule has 0 saturated carbocycles. The molecular formula is C18H35N3O2. The first kappa shape index (κ1) is 18.5. The molecule has 1 amide bonds. The highest BCUT2D eigenvalue weighted by molar-refractivity contribution is 5.68. The van der Waals surface area contributed by atoms with E-state index in [9.17, 15) is 4.79 Å². The molecule has 0 aromatic heterocycles. The van der Waals surface area contributed by atoms with Gasteiger partial charge in [-0.05, 0) is 71.9 Å². The van der Waals surface area contributed by atoms with E-state index in [0.717, 1.165) is 39.0 Å². The van der Waals surface area contributed by atoms with Gasteiger partial charge in [0.2, 0.25) is 0 Å². The number of ether oxygens (including phenoxy) is 1. The molecule has 5 nitrogen and oxygen atoms in total. The maximum atomic E-state index is 12.2. The van der Waals surface area contributed by atoms with Gasteiger partial charge in [-0.25, -0.2) is 4.79 Å². The topological polar surface area (TPSA) is 53.6 Å². The van der Waals surface area contributed by atoms with Crippen LogP contribution in [0.25, 0.3) is 0 Å². The molecule has 2 rings (SSSR count). The number of nitrogens with one attached hydrogen (secondary N) is 2. The summed E-state index contributed by atoms with van der Waals surface area (Å²) in [6, 6.07) is 0.647. The van der Waals surface area contributed by atoms with Crippen molar-refractivity contribution in [2.75, 3.05) is 32.7 Å². The monoisotopic (exact) mass is 325 g/mol. The molecule has 0 spiro atoms. The van der Waals surface area contributed by atoms with Gasteiger partial charge in [-0.15, -0.1) is 0 Å². The third-order valence-corrected chi connectivity index (χ3v) is 4.70. The predicted molar refractivity (Wildman–Crippen MR) is 93.7 cm³/mol. The van der Waals surface area contributed by atoms with E-state index in [2.05, 4.69) is 10.6 Å². The van der Waals surface area contributed by atoms with Crippen LogP contribution in [0.5, 0.6) is 0 Å². The Hall–Kier alpha value is -0.810. The fraction of sp³-hybridized carbons (Fsp3) is 0.944. The first-order chi connectivity index (χ1) is 10.9. The number of hydrogen-bond acceptors (Lipinski definition) is 4. The Morgan fingerprint density at radius 1 is 1.26 bits per heavy atom. The Kier molecular flexibility index (Phi) is 7.15. The molecule has 0 radical (unpaired) electrons. The van der Waals surface area contributed by atoms with Crippen LogP contribution in [0.3, 0.4) is 0 Å². The van der Waals surface area contributed by atoms with Crippen molar-refractivity contribution in [3.8, 4) is 0 Å². The molecule has 2 fully saturated rings. The smallest absolute Gasteiger partial charge is 0.410 e. The van der Waals surface area contributed by atoms with Crippen molar-refractivity contribution in [3.05, 3.63) is 0 Å². The number of likely N-dealkylation sites (tertiary alicyclic amines) is 1. The highest BCUT2D eigenvalue weighted by Gasteiger charge is 2.27. The van der Waals surface area contributed by atoms with E-state index in [1.165, 1.54) is 32.2 Å². The van der Waals surface area contributed by atoms with Gasteiger partial charge >= 0.3 is 6.09 Å². The minimum Gasteiger partial charge on any atom is -0.444 e. The average molecular weight is 325 g/mol. The second kappa shape index (κ2) is 8.88. The molecule has 23 heavy (non-hydrogen) atoms. The molecule has 2 unspecified atom stereocenters. The van der Waals surface area contributed by atoms with Crippen molar-refractivity contribution in [1.82, 2.24) is 15.5 Å². The summed E-state index contributed by atoms with van der Waals surface area (Å²) in [6.45, 7) is 10.7. The van der Waals surface area contributed by atoms with Crippen LogP contribution >= 0.6 is 0 Å². The van der Waals surface area contributed by atoms with Crippen LogP contribution in [0.4, 0.5) is 4.79 Å². The van der Waals surface area contributed by atoms with E-state index in [4.69, 9.17) is 4.74 Å². The Balaban J connectivity index is 1.62. The Labute approximate surface area is 141 Å². The van der Waals surface area contributed by atoms with Crippen molar-refractivity contribution in [2.45, 2.75) is 70.9 Å². The SMILES string of the molecule is CC(C)(C)OC(=O)N1CCCC(CCNCC2CCCCN2)C1. The number of nitrogens with zero attached hydrogens (tertiary/aromatic N) is 1. The molecule has 0 bridgehead atoms. The first-order valence-corrected chi connectivity index (χ1v) is 9.36. The number of carbonyl (C=O) groups is 1. The average Bonchev–Trinajstić information content (AvgIpc) is 2.51. The molecule has 5 heteroatoms. The number of hydrogen-bond donors (Lipinski definition) is 2. The molecule has 0 aromatic rings. The van der Waals surface area contributed by atoms with Crippen LogP contribution in [-0.4, -0.2) is 55.4 Å². The quantitative estimate of drug-likeness (QED) is 0.763. The summed E-state index contributed by atoms with van der Waals surface area (Å²) >= 11 is 0. The molecule has 2 heterocycles. The van der Waals surface area contributed by atoms with E-state index in [0.29, 0.717) is 12.0 Å². The van der Waals surface area contributed by atoms with Crippen molar-refractivity contribution >= 4 is 6.09 Å². The van der Waals surface area contributed by atoms with Gasteiger partial charge in [0.25, 0.3) is 0 Å². The van der Waals surface area contributed by atoms with E-state index in [1.54, 1.807) is 0 Å². The summed E-state index contributed by atoms with van der Waals surface area (Å²) in [6.07, 6.45) is 7.28. The lowest BCUT2D eigenvalue weighted by atomic mass is 9.95. The third-order valence-electron chi connectivity index (χ3n) is 4.70. The molecule has 2 aliphatic heterocycles. The molecule has 2 N–H and O–H groups in total. The molecule has 2 saturated heterocycles. The van der Waals surface area contributed by atoms with Gasteiger partial charge in [0.15, 0.2) is 0 Å². The van der Waals surface area contributed by atoms with Crippen LogP contribution in [-0.2, 0) is 4.74 Å². The maximum absolute atomic E-state index is 12.2. The van der Waals surface area contributed by atoms with Gasteiger partial charge in [0.1, 0.15) is 5.60 Å². The summed E-state index contributed by atoms with van der Waals surface area (Å²) in [7, 11) is 0. The summed E-state index contributed by atoms with van der Waals surface area (Å²) in [4.78, 5) is 14.1. The summed E-state index contributed by atoms with van der Waals surface area (Å²) in [5.74, 6) is 0.600. The molecule has 2 atom stereocenters. The zero-order valence-electron chi connectivity index (χ0n) is 15.2.